The van der Waals surface area contributed by atoms with Crippen LogP contribution < -0.4 is 32.7 Å². The predicted molar refractivity (Wildman–Crippen MR) is 155 cm³/mol. The molecule has 0 fully saturated rings. The lowest BCUT2D eigenvalue weighted by Crippen LogP contribution is -2.30. The van der Waals surface area contributed by atoms with Gasteiger partial charge in [-0.1, -0.05) is 0 Å². The lowest BCUT2D eigenvalue weighted by Gasteiger charge is -2.14. The number of rotatable bonds is 8. The van der Waals surface area contributed by atoms with Gasteiger partial charge in [-0.3, -0.25) is 19.2 Å². The van der Waals surface area contributed by atoms with E-state index in [0.29, 0.717) is 51.6 Å². The molecule has 5 rings (SSSR count). The van der Waals surface area contributed by atoms with Gasteiger partial charge in [0.15, 0.2) is 22.8 Å². The van der Waals surface area contributed by atoms with E-state index in [4.69, 9.17) is 29.1 Å². The van der Waals surface area contributed by atoms with Crippen LogP contribution in [0.25, 0.3) is 0 Å². The quantitative estimate of drug-likeness (QED) is 0.147. The number of carbonyl (C=O) groups is 4. The zero-order valence-electron chi connectivity index (χ0n) is 24.7. The van der Waals surface area contributed by atoms with E-state index in [-0.39, 0.29) is 59.4 Å². The predicted octanol–water partition coefficient (Wildman–Crippen LogP) is 1.01. The fraction of sp³-hybridized carbons (Fsp3) is 0.429. The third-order valence-corrected chi connectivity index (χ3v) is 6.98. The highest BCUT2D eigenvalue weighted by Gasteiger charge is 2.26. The number of nitrogens with one attached hydrogen (secondary N) is 4. The summed E-state index contributed by atoms with van der Waals surface area (Å²) in [4.78, 5) is 68.6. The van der Waals surface area contributed by atoms with E-state index in [9.17, 15) is 19.2 Å². The molecule has 0 unspecified atom stereocenters. The van der Waals surface area contributed by atoms with E-state index in [2.05, 4.69) is 41.2 Å². The fourth-order valence-corrected chi connectivity index (χ4v) is 4.55. The molecule has 0 radical (unpaired) electrons. The molecular weight excluding hydrogens is 604 g/mol. The summed E-state index contributed by atoms with van der Waals surface area (Å²) in [6, 6.07) is -1.42. The molecule has 0 saturated carbocycles. The maximum atomic E-state index is 13.1. The van der Waals surface area contributed by atoms with Crippen LogP contribution in [0.5, 0.6) is 0 Å². The molecule has 0 spiro atoms. The van der Waals surface area contributed by atoms with Gasteiger partial charge in [-0.05, 0) is 51.6 Å². The molecule has 46 heavy (non-hydrogen) atoms. The van der Waals surface area contributed by atoms with Gasteiger partial charge in [0.2, 0.25) is 23.6 Å². The van der Waals surface area contributed by atoms with Crippen molar-refractivity contribution in [3.63, 3.8) is 0 Å². The van der Waals surface area contributed by atoms with Gasteiger partial charge in [0, 0.05) is 0 Å². The summed E-state index contributed by atoms with van der Waals surface area (Å²) in [5.74, 6) is -2.03. The van der Waals surface area contributed by atoms with Crippen LogP contribution in [0.2, 0.25) is 0 Å². The Morgan fingerprint density at radius 2 is 0.957 bits per heavy atom. The number of nitrogens with two attached hydrogens (primary N) is 2. The van der Waals surface area contributed by atoms with Gasteiger partial charge in [-0.2, -0.15) is 0 Å². The van der Waals surface area contributed by atoms with Crippen LogP contribution in [0, 0.1) is 0 Å². The van der Waals surface area contributed by atoms with Crippen LogP contribution in [-0.2, 0) is 13.1 Å². The van der Waals surface area contributed by atoms with E-state index in [1.165, 1.54) is 0 Å². The minimum absolute atomic E-state index is 0.0443. The number of oxazole rings is 4. The van der Waals surface area contributed by atoms with Crippen molar-refractivity contribution in [1.29, 1.82) is 0 Å². The van der Waals surface area contributed by atoms with Crippen LogP contribution in [0.1, 0.15) is 116 Å². The smallest absolute Gasteiger partial charge is 0.273 e. The Morgan fingerprint density at radius 1 is 0.565 bits per heavy atom. The van der Waals surface area contributed by atoms with Gasteiger partial charge in [-0.25, -0.2) is 19.9 Å². The van der Waals surface area contributed by atoms with Crippen molar-refractivity contribution in [2.45, 2.75) is 63.7 Å². The van der Waals surface area contributed by atoms with E-state index in [1.807, 2.05) is 0 Å². The first-order valence-electron chi connectivity index (χ1n) is 14.7. The monoisotopic (exact) mass is 638 g/mol. The van der Waals surface area contributed by atoms with Crippen molar-refractivity contribution in [2.75, 3.05) is 13.1 Å². The molecule has 0 aromatic carbocycles. The molecular formula is C28H34N10O8. The second-order valence-electron chi connectivity index (χ2n) is 10.4. The molecule has 4 aromatic heterocycles. The maximum Gasteiger partial charge on any atom is 0.273 e. The van der Waals surface area contributed by atoms with Crippen molar-refractivity contribution in [3.05, 3.63) is 71.4 Å². The Morgan fingerprint density at radius 3 is 1.37 bits per heavy atom. The van der Waals surface area contributed by atoms with Crippen molar-refractivity contribution < 1.29 is 36.8 Å². The van der Waals surface area contributed by atoms with Crippen LogP contribution >= 0.6 is 0 Å². The highest BCUT2D eigenvalue weighted by atomic mass is 16.4. The molecule has 5 heterocycles. The van der Waals surface area contributed by atoms with Gasteiger partial charge in [0.1, 0.15) is 37.1 Å². The summed E-state index contributed by atoms with van der Waals surface area (Å²) >= 11 is 0. The van der Waals surface area contributed by atoms with E-state index < -0.39 is 35.7 Å². The second kappa shape index (κ2) is 15.1. The average Bonchev–Trinajstić information content (AvgIpc) is 3.88. The Kier molecular flexibility index (Phi) is 10.5. The Labute approximate surface area is 261 Å². The second-order valence-corrected chi connectivity index (χ2v) is 10.4. The van der Waals surface area contributed by atoms with Gasteiger partial charge in [-0.15, -0.1) is 0 Å². The molecule has 2 atom stereocenters. The number of fused-ring (bicyclic) bond motifs is 8. The number of unbranched alkanes of at least 4 members (excludes halogenated alkanes) is 2. The minimum atomic E-state index is -0.709. The number of carbonyl (C=O) groups excluding carboxylic acids is 4. The number of amides is 4. The first-order valence-corrected chi connectivity index (χ1v) is 14.7. The molecule has 4 aromatic rings. The summed E-state index contributed by atoms with van der Waals surface area (Å²) in [5.41, 5.74) is 11.1. The molecule has 4 amide bonds. The highest BCUT2D eigenvalue weighted by molar-refractivity contribution is 5.94. The third-order valence-electron chi connectivity index (χ3n) is 6.98. The summed E-state index contributed by atoms with van der Waals surface area (Å²) in [6.07, 6.45) is 8.12. The molecule has 244 valence electrons. The van der Waals surface area contributed by atoms with E-state index in [0.717, 1.165) is 25.1 Å². The molecule has 8 N–H and O–H groups in total. The summed E-state index contributed by atoms with van der Waals surface area (Å²) < 4.78 is 21.9. The maximum absolute atomic E-state index is 13.1. The normalized spacial score (nSPS) is 17.9. The van der Waals surface area contributed by atoms with Crippen LogP contribution in [0.15, 0.2) is 42.7 Å². The van der Waals surface area contributed by atoms with Crippen LogP contribution in [0.4, 0.5) is 0 Å². The summed E-state index contributed by atoms with van der Waals surface area (Å²) in [5, 5.41) is 10.8. The van der Waals surface area contributed by atoms with Gasteiger partial charge >= 0.3 is 0 Å². The molecule has 0 aliphatic carbocycles. The number of hydrogen-bond donors (Lipinski definition) is 6. The first kappa shape index (κ1) is 32.0. The molecule has 1 aliphatic rings. The highest BCUT2D eigenvalue weighted by Crippen LogP contribution is 2.22. The average molecular weight is 639 g/mol. The standard InChI is InChI=1S/C28H34N10O8/c29-7-3-1-5-15-27-37-17(13-45-27)23(39)31-10-22-34-20(12-44-22)26(42)36-16(6-2-4-8-30)28-38-18(14-46-28)24(40)32-9-21-33-19(11-43-21)25(41)35-15/h11-16H,1-10,29-30H2,(H,31,39)(H,32,40)(H,35,41)(H,36,42)/t15-,16-/m0/s1. The third kappa shape index (κ3) is 8.02. The van der Waals surface area contributed by atoms with E-state index >= 15 is 0 Å². The van der Waals surface area contributed by atoms with Gasteiger partial charge in [0.25, 0.3) is 23.6 Å². The summed E-state index contributed by atoms with van der Waals surface area (Å²) in [7, 11) is 0. The van der Waals surface area contributed by atoms with E-state index in [1.54, 1.807) is 0 Å². The van der Waals surface area contributed by atoms with Crippen molar-refractivity contribution in [3.8, 4) is 0 Å². The minimum Gasteiger partial charge on any atom is -0.446 e. The molecule has 8 bridgehead atoms. The first-order chi connectivity index (χ1) is 22.3. The van der Waals surface area contributed by atoms with Crippen molar-refractivity contribution in [2.24, 2.45) is 11.5 Å². The fourth-order valence-electron chi connectivity index (χ4n) is 4.55. The van der Waals surface area contributed by atoms with Crippen LogP contribution in [0.3, 0.4) is 0 Å². The zero-order valence-corrected chi connectivity index (χ0v) is 24.7. The molecule has 1 aliphatic heterocycles. The number of aromatic nitrogens is 4. The molecule has 18 nitrogen and oxygen atoms in total. The molecule has 0 saturated heterocycles. The summed E-state index contributed by atoms with van der Waals surface area (Å²) in [6.45, 7) is 0.593. The Bertz CT molecular complexity index is 1540. The van der Waals surface area contributed by atoms with Crippen LogP contribution in [-0.4, -0.2) is 56.7 Å². The Hall–Kier alpha value is -5.36. The topological polar surface area (TPSA) is 273 Å². The van der Waals surface area contributed by atoms with Gasteiger partial charge < -0.3 is 50.4 Å². The van der Waals surface area contributed by atoms with Crippen molar-refractivity contribution in [1.82, 2.24) is 41.2 Å². The number of nitrogens with zero attached hydrogens (tertiary/aromatic N) is 4. The van der Waals surface area contributed by atoms with Crippen molar-refractivity contribution >= 4 is 23.6 Å². The zero-order chi connectivity index (χ0) is 32.5. The Balaban J connectivity index is 1.40. The largest absolute Gasteiger partial charge is 0.446 e. The van der Waals surface area contributed by atoms with Gasteiger partial charge in [0.05, 0.1) is 13.1 Å². The number of hydrogen-bond acceptors (Lipinski definition) is 14. The lowest BCUT2D eigenvalue weighted by atomic mass is 10.1. The SMILES string of the molecule is NCCCC[C@@H]1NC(=O)c2coc(n2)CNC(=O)c2coc(n2)[C@H](CCCCN)NC(=O)c2coc(n2)CNC(=O)c2coc1n2. The molecule has 18 heteroatoms. The lowest BCUT2D eigenvalue weighted by molar-refractivity contribution is 0.0914.